The lowest BCUT2D eigenvalue weighted by Gasteiger charge is -2.09. The van der Waals surface area contributed by atoms with Gasteiger partial charge in [-0.1, -0.05) is 56.5 Å². The van der Waals surface area contributed by atoms with Crippen molar-refractivity contribution in [3.63, 3.8) is 0 Å². The van der Waals surface area contributed by atoms with E-state index < -0.39 is 6.09 Å². The Morgan fingerprint density at radius 1 is 0.440 bits per heavy atom. The zero-order chi connectivity index (χ0) is 35.7. The van der Waals surface area contributed by atoms with Gasteiger partial charge in [0.05, 0.1) is 139 Å². The molecule has 0 fully saturated rings. The van der Waals surface area contributed by atoms with Gasteiger partial charge in [-0.3, -0.25) is 0 Å². The molecule has 0 aromatic heterocycles. The van der Waals surface area contributed by atoms with Crippen LogP contribution in [-0.2, 0) is 63.4 Å². The monoisotopic (exact) mass is 719 g/mol. The van der Waals surface area contributed by atoms with Crippen molar-refractivity contribution in [3.8, 4) is 0 Å². The van der Waals surface area contributed by atoms with E-state index in [9.17, 15) is 4.79 Å². The standard InChI is InChI=1S/C36H65NO13/c1-2-3-4-8-12-39-14-16-41-18-20-43-22-24-45-26-28-47-30-32-49-33-31-48-29-27-46-25-23-44-21-19-42-17-15-40-13-11-37-36(38)50-34-35-9-6-5-7-10-35/h5-7,9-10H,2-4,8,11-34H2,1H3,(H,37,38). The molecule has 0 spiro atoms. The molecule has 14 nitrogen and oxygen atoms in total. The predicted molar refractivity (Wildman–Crippen MR) is 188 cm³/mol. The number of amides is 1. The van der Waals surface area contributed by atoms with Crippen LogP contribution in [0.1, 0.15) is 38.2 Å². The summed E-state index contributed by atoms with van der Waals surface area (Å²) in [5.74, 6) is 0. The number of benzene rings is 1. The molecule has 0 atom stereocenters. The van der Waals surface area contributed by atoms with Gasteiger partial charge in [0.15, 0.2) is 0 Å². The second kappa shape index (κ2) is 39.8. The maximum atomic E-state index is 11.6. The molecule has 0 aliphatic heterocycles. The Hall–Kier alpha value is -1.95. The third-order valence-electron chi connectivity index (χ3n) is 6.59. The molecule has 0 heterocycles. The molecule has 0 unspecified atom stereocenters. The molecule has 292 valence electrons. The summed E-state index contributed by atoms with van der Waals surface area (Å²) >= 11 is 0. The number of unbranched alkanes of at least 4 members (excludes halogenated alkanes) is 3. The summed E-state index contributed by atoms with van der Waals surface area (Å²) in [5.41, 5.74) is 0.939. The molecule has 1 aromatic rings. The topological polar surface area (TPSA) is 140 Å². The van der Waals surface area contributed by atoms with Crippen LogP contribution in [0.25, 0.3) is 0 Å². The van der Waals surface area contributed by atoms with Crippen LogP contribution in [0, 0.1) is 0 Å². The molecular formula is C36H65NO13. The van der Waals surface area contributed by atoms with Crippen molar-refractivity contribution in [2.24, 2.45) is 0 Å². The van der Waals surface area contributed by atoms with E-state index in [1.54, 1.807) is 0 Å². The number of rotatable bonds is 40. The first-order valence-electron chi connectivity index (χ1n) is 18.1. The molecule has 0 saturated carbocycles. The Balaban J connectivity index is 1.63. The maximum absolute atomic E-state index is 11.6. The number of hydrogen-bond donors (Lipinski definition) is 1. The largest absolute Gasteiger partial charge is 0.445 e. The summed E-state index contributed by atoms with van der Waals surface area (Å²) in [5, 5.41) is 2.64. The highest BCUT2D eigenvalue weighted by Gasteiger charge is 2.02. The number of alkyl carbamates (subject to hydrolysis) is 1. The fraction of sp³-hybridized carbons (Fsp3) is 0.806. The van der Waals surface area contributed by atoms with Crippen molar-refractivity contribution in [3.05, 3.63) is 35.9 Å². The van der Waals surface area contributed by atoms with E-state index in [-0.39, 0.29) is 6.61 Å². The summed E-state index contributed by atoms with van der Waals surface area (Å²) in [7, 11) is 0. The summed E-state index contributed by atoms with van der Waals surface area (Å²) in [6.45, 7) is 14.3. The van der Waals surface area contributed by atoms with Crippen LogP contribution < -0.4 is 5.32 Å². The molecule has 14 heteroatoms. The van der Waals surface area contributed by atoms with Gasteiger partial charge in [-0.2, -0.15) is 0 Å². The van der Waals surface area contributed by atoms with Crippen molar-refractivity contribution in [2.75, 3.05) is 152 Å². The van der Waals surface area contributed by atoms with Gasteiger partial charge in [0.2, 0.25) is 0 Å². The minimum atomic E-state index is -0.468. The van der Waals surface area contributed by atoms with Crippen LogP contribution >= 0.6 is 0 Å². The van der Waals surface area contributed by atoms with Crippen LogP contribution in [-0.4, -0.2) is 158 Å². The zero-order valence-electron chi connectivity index (χ0n) is 30.5. The van der Waals surface area contributed by atoms with Crippen LogP contribution in [0.15, 0.2) is 30.3 Å². The van der Waals surface area contributed by atoms with E-state index >= 15 is 0 Å². The van der Waals surface area contributed by atoms with Gasteiger partial charge in [-0.05, 0) is 12.0 Å². The van der Waals surface area contributed by atoms with Gasteiger partial charge >= 0.3 is 6.09 Å². The van der Waals surface area contributed by atoms with E-state index in [2.05, 4.69) is 12.2 Å². The highest BCUT2D eigenvalue weighted by molar-refractivity contribution is 5.67. The average molecular weight is 720 g/mol. The summed E-state index contributed by atoms with van der Waals surface area (Å²) in [6.07, 6.45) is 4.41. The first-order valence-corrected chi connectivity index (χ1v) is 18.1. The fourth-order valence-electron chi connectivity index (χ4n) is 3.93. The maximum Gasteiger partial charge on any atom is 0.407 e. The molecule has 1 N–H and O–H groups in total. The second-order valence-electron chi connectivity index (χ2n) is 10.8. The second-order valence-corrected chi connectivity index (χ2v) is 10.8. The first kappa shape index (κ1) is 46.1. The lowest BCUT2D eigenvalue weighted by molar-refractivity contribution is -0.0275. The van der Waals surface area contributed by atoms with E-state index in [0.29, 0.717) is 145 Å². The minimum absolute atomic E-state index is 0.239. The van der Waals surface area contributed by atoms with E-state index in [0.717, 1.165) is 18.6 Å². The SMILES string of the molecule is CCCCCCOCCOCCOCCOCCOCCOCCOCCOCCOCCOCCOCCNC(=O)OCc1ccccc1. The van der Waals surface area contributed by atoms with Gasteiger partial charge in [-0.15, -0.1) is 0 Å². The van der Waals surface area contributed by atoms with E-state index in [4.69, 9.17) is 56.8 Å². The van der Waals surface area contributed by atoms with Crippen molar-refractivity contribution in [1.29, 1.82) is 0 Å². The molecule has 1 rings (SSSR count). The van der Waals surface area contributed by atoms with Gasteiger partial charge in [0, 0.05) is 13.2 Å². The third kappa shape index (κ3) is 35.9. The Morgan fingerprint density at radius 3 is 1.14 bits per heavy atom. The molecule has 0 bridgehead atoms. The number of hydrogen-bond acceptors (Lipinski definition) is 13. The van der Waals surface area contributed by atoms with Gasteiger partial charge < -0.3 is 62.2 Å². The lowest BCUT2D eigenvalue weighted by Crippen LogP contribution is -2.28. The van der Waals surface area contributed by atoms with Crippen LogP contribution in [0.3, 0.4) is 0 Å². The molecular weight excluding hydrogens is 654 g/mol. The smallest absolute Gasteiger partial charge is 0.407 e. The van der Waals surface area contributed by atoms with Gasteiger partial charge in [-0.25, -0.2) is 4.79 Å². The Bertz CT molecular complexity index is 809. The van der Waals surface area contributed by atoms with E-state index in [1.807, 2.05) is 30.3 Å². The Labute approximate surface area is 299 Å². The van der Waals surface area contributed by atoms with Crippen molar-refractivity contribution >= 4 is 6.09 Å². The van der Waals surface area contributed by atoms with Crippen molar-refractivity contribution in [1.82, 2.24) is 5.32 Å². The van der Waals surface area contributed by atoms with Crippen LogP contribution in [0.4, 0.5) is 4.79 Å². The number of ether oxygens (including phenoxy) is 12. The molecule has 1 aromatic carbocycles. The summed E-state index contributed by atoms with van der Waals surface area (Å²) in [4.78, 5) is 11.6. The minimum Gasteiger partial charge on any atom is -0.445 e. The van der Waals surface area contributed by atoms with Crippen molar-refractivity contribution in [2.45, 2.75) is 39.2 Å². The Kier molecular flexibility index (Phi) is 36.7. The van der Waals surface area contributed by atoms with E-state index in [1.165, 1.54) is 19.3 Å². The van der Waals surface area contributed by atoms with Crippen LogP contribution in [0.5, 0.6) is 0 Å². The third-order valence-corrected chi connectivity index (χ3v) is 6.59. The molecule has 0 aliphatic rings. The normalized spacial score (nSPS) is 11.3. The Morgan fingerprint density at radius 2 is 0.780 bits per heavy atom. The average Bonchev–Trinajstić information content (AvgIpc) is 3.14. The van der Waals surface area contributed by atoms with Gasteiger partial charge in [0.25, 0.3) is 0 Å². The molecule has 1 amide bonds. The number of carbonyl (C=O) groups is 1. The first-order chi connectivity index (χ1) is 24.8. The number of nitrogens with one attached hydrogen (secondary N) is 1. The molecule has 50 heavy (non-hydrogen) atoms. The van der Waals surface area contributed by atoms with Gasteiger partial charge in [0.1, 0.15) is 6.61 Å². The predicted octanol–water partition coefficient (Wildman–Crippen LogP) is 3.68. The summed E-state index contributed by atoms with van der Waals surface area (Å²) < 4.78 is 65.4. The van der Waals surface area contributed by atoms with Crippen LogP contribution in [0.2, 0.25) is 0 Å². The molecule has 0 aliphatic carbocycles. The molecule has 0 saturated heterocycles. The quantitative estimate of drug-likeness (QED) is 0.0988. The fourth-order valence-corrected chi connectivity index (χ4v) is 3.93. The molecule has 0 radical (unpaired) electrons. The highest BCUT2D eigenvalue weighted by Crippen LogP contribution is 2.00. The highest BCUT2D eigenvalue weighted by atomic mass is 16.6. The number of carbonyl (C=O) groups excluding carboxylic acids is 1. The van der Waals surface area contributed by atoms with Crippen molar-refractivity contribution < 1.29 is 61.6 Å². The lowest BCUT2D eigenvalue weighted by atomic mass is 10.2. The summed E-state index contributed by atoms with van der Waals surface area (Å²) in [6, 6.07) is 9.51. The zero-order valence-corrected chi connectivity index (χ0v) is 30.5.